The highest BCUT2D eigenvalue weighted by atomic mass is 32.1. The molecule has 0 unspecified atom stereocenters. The Hall–Kier alpha value is -1.69. The fourth-order valence-electron chi connectivity index (χ4n) is 1.12. The van der Waals surface area contributed by atoms with E-state index in [0.717, 1.165) is 0 Å². The van der Waals surface area contributed by atoms with Gasteiger partial charge in [-0.1, -0.05) is 5.16 Å². The normalized spacial score (nSPS) is 10.4. The monoisotopic (exact) mass is 210 g/mol. The number of nitrogens with zero attached hydrogens (tertiary/aromatic N) is 2. The lowest BCUT2D eigenvalue weighted by Gasteiger charge is -1.91. The Balaban J connectivity index is 2.60. The van der Waals surface area contributed by atoms with Crippen LogP contribution in [0, 0.1) is 6.92 Å². The van der Waals surface area contributed by atoms with Crippen LogP contribution >= 0.6 is 11.3 Å². The molecule has 2 aromatic heterocycles. The summed E-state index contributed by atoms with van der Waals surface area (Å²) in [5.41, 5.74) is 2.07. The Labute approximate surface area is 83.0 Å². The van der Waals surface area contributed by atoms with Crippen LogP contribution in [0.2, 0.25) is 0 Å². The number of aromatic carboxylic acids is 1. The third kappa shape index (κ3) is 1.29. The third-order valence-electron chi connectivity index (χ3n) is 1.74. The summed E-state index contributed by atoms with van der Waals surface area (Å²) in [5, 5.41) is 12.6. The van der Waals surface area contributed by atoms with Crippen LogP contribution in [-0.2, 0) is 0 Å². The van der Waals surface area contributed by atoms with Crippen molar-refractivity contribution in [2.24, 2.45) is 0 Å². The second-order valence-electron chi connectivity index (χ2n) is 2.63. The molecule has 0 aliphatic rings. The van der Waals surface area contributed by atoms with Gasteiger partial charge in [-0.05, 0) is 6.92 Å². The summed E-state index contributed by atoms with van der Waals surface area (Å²) in [6, 6.07) is 0. The van der Waals surface area contributed by atoms with Gasteiger partial charge in [0.05, 0.1) is 10.4 Å². The van der Waals surface area contributed by atoms with E-state index in [4.69, 9.17) is 9.63 Å². The molecule has 0 radical (unpaired) electrons. The van der Waals surface area contributed by atoms with Crippen molar-refractivity contribution in [2.75, 3.05) is 0 Å². The Morgan fingerprint density at radius 3 is 3.00 bits per heavy atom. The van der Waals surface area contributed by atoms with Gasteiger partial charge >= 0.3 is 5.97 Å². The quantitative estimate of drug-likeness (QED) is 0.817. The first kappa shape index (κ1) is 8.89. The van der Waals surface area contributed by atoms with Crippen LogP contribution in [0.1, 0.15) is 16.1 Å². The molecule has 0 aliphatic heterocycles. The van der Waals surface area contributed by atoms with Gasteiger partial charge in [-0.15, -0.1) is 11.3 Å². The van der Waals surface area contributed by atoms with E-state index in [0.29, 0.717) is 16.3 Å². The Kier molecular flexibility index (Phi) is 2.05. The van der Waals surface area contributed by atoms with Crippen LogP contribution < -0.4 is 0 Å². The second-order valence-corrected chi connectivity index (χ2v) is 3.52. The van der Waals surface area contributed by atoms with Gasteiger partial charge in [0.1, 0.15) is 17.0 Å². The van der Waals surface area contributed by atoms with Crippen molar-refractivity contribution in [3.63, 3.8) is 0 Å². The first-order chi connectivity index (χ1) is 6.70. The molecule has 0 atom stereocenters. The summed E-state index contributed by atoms with van der Waals surface area (Å²) in [5.74, 6) is -0.729. The van der Waals surface area contributed by atoms with E-state index in [9.17, 15) is 4.79 Å². The summed E-state index contributed by atoms with van der Waals surface area (Å²) in [7, 11) is 0. The second kappa shape index (κ2) is 3.22. The third-order valence-corrected chi connectivity index (χ3v) is 2.52. The Bertz CT molecular complexity index is 461. The van der Waals surface area contributed by atoms with Gasteiger partial charge in [0.25, 0.3) is 0 Å². The molecule has 72 valence electrons. The van der Waals surface area contributed by atoms with Crippen LogP contribution in [0.4, 0.5) is 0 Å². The summed E-state index contributed by atoms with van der Waals surface area (Å²) in [4.78, 5) is 15.4. The average Bonchev–Trinajstić information content (AvgIpc) is 2.70. The van der Waals surface area contributed by atoms with Crippen molar-refractivity contribution in [1.29, 1.82) is 0 Å². The largest absolute Gasteiger partial charge is 0.477 e. The molecule has 0 saturated heterocycles. The van der Waals surface area contributed by atoms with Crippen molar-refractivity contribution < 1.29 is 14.4 Å². The first-order valence-electron chi connectivity index (χ1n) is 3.78. The number of carbonyl (C=O) groups is 1. The van der Waals surface area contributed by atoms with E-state index in [1.54, 1.807) is 18.6 Å². The Morgan fingerprint density at radius 2 is 2.43 bits per heavy atom. The summed E-state index contributed by atoms with van der Waals surface area (Å²) >= 11 is 1.32. The molecular formula is C8H6N2O3S. The predicted octanol–water partition coefficient (Wildman–Crippen LogP) is 1.80. The number of aryl methyl sites for hydroxylation is 1. The zero-order valence-electron chi connectivity index (χ0n) is 7.22. The van der Waals surface area contributed by atoms with Gasteiger partial charge in [-0.2, -0.15) is 0 Å². The molecular weight excluding hydrogens is 204 g/mol. The predicted molar refractivity (Wildman–Crippen MR) is 49.3 cm³/mol. The zero-order chi connectivity index (χ0) is 10.1. The molecule has 0 saturated carbocycles. The molecule has 0 aromatic carbocycles. The number of rotatable bonds is 2. The number of thiazole rings is 1. The fraction of sp³-hybridized carbons (Fsp3) is 0.125. The van der Waals surface area contributed by atoms with Crippen LogP contribution in [0.5, 0.6) is 0 Å². The molecule has 2 aromatic rings. The van der Waals surface area contributed by atoms with Gasteiger partial charge in [0, 0.05) is 6.20 Å². The van der Waals surface area contributed by atoms with E-state index in [1.807, 2.05) is 0 Å². The van der Waals surface area contributed by atoms with Crippen LogP contribution in [0.25, 0.3) is 10.6 Å². The molecule has 6 heteroatoms. The highest BCUT2D eigenvalue weighted by Crippen LogP contribution is 2.27. The lowest BCUT2D eigenvalue weighted by molar-refractivity contribution is 0.0696. The van der Waals surface area contributed by atoms with E-state index < -0.39 is 5.97 Å². The maximum absolute atomic E-state index is 10.9. The van der Waals surface area contributed by atoms with Crippen LogP contribution in [-0.4, -0.2) is 21.2 Å². The van der Waals surface area contributed by atoms with Crippen molar-refractivity contribution in [3.05, 3.63) is 23.0 Å². The molecule has 14 heavy (non-hydrogen) atoms. The van der Waals surface area contributed by atoms with Gasteiger partial charge in [-0.3, -0.25) is 4.98 Å². The lowest BCUT2D eigenvalue weighted by atomic mass is 10.2. The highest BCUT2D eigenvalue weighted by molar-refractivity contribution is 7.13. The minimum Gasteiger partial charge on any atom is -0.477 e. The first-order valence-corrected chi connectivity index (χ1v) is 4.66. The van der Waals surface area contributed by atoms with Gasteiger partial charge in [-0.25, -0.2) is 4.79 Å². The van der Waals surface area contributed by atoms with Crippen LogP contribution in [0.3, 0.4) is 0 Å². The average molecular weight is 210 g/mol. The van der Waals surface area contributed by atoms with Crippen molar-refractivity contribution in [1.82, 2.24) is 10.1 Å². The van der Waals surface area contributed by atoms with Crippen molar-refractivity contribution in [3.8, 4) is 10.6 Å². The van der Waals surface area contributed by atoms with E-state index in [1.165, 1.54) is 11.3 Å². The minimum atomic E-state index is -1.04. The van der Waals surface area contributed by atoms with Gasteiger partial charge in [0.2, 0.25) is 0 Å². The van der Waals surface area contributed by atoms with Crippen molar-refractivity contribution >= 4 is 17.3 Å². The molecule has 0 fully saturated rings. The van der Waals surface area contributed by atoms with Crippen LogP contribution in [0.15, 0.2) is 16.2 Å². The maximum atomic E-state index is 10.9. The molecule has 0 bridgehead atoms. The number of carboxylic acid groups (broad SMARTS) is 1. The standard InChI is InChI=1S/C8H6N2O3S/c1-4-6(8(11)12)7(10-13-4)5-2-9-3-14-5/h2-3H,1H3,(H,11,12). The number of carboxylic acids is 1. The molecule has 0 spiro atoms. The summed E-state index contributed by atoms with van der Waals surface area (Å²) in [6.45, 7) is 1.57. The molecule has 2 rings (SSSR count). The Morgan fingerprint density at radius 1 is 1.64 bits per heavy atom. The summed E-state index contributed by atoms with van der Waals surface area (Å²) in [6.07, 6.45) is 1.56. The smallest absolute Gasteiger partial charge is 0.341 e. The number of aromatic nitrogens is 2. The van der Waals surface area contributed by atoms with E-state index in [-0.39, 0.29) is 5.56 Å². The van der Waals surface area contributed by atoms with E-state index >= 15 is 0 Å². The maximum Gasteiger partial charge on any atom is 0.341 e. The topological polar surface area (TPSA) is 76.2 Å². The molecule has 1 N–H and O–H groups in total. The summed E-state index contributed by atoms with van der Waals surface area (Å²) < 4.78 is 4.83. The molecule has 2 heterocycles. The lowest BCUT2D eigenvalue weighted by Crippen LogP contribution is -1.98. The zero-order valence-corrected chi connectivity index (χ0v) is 8.04. The number of hydrogen-bond acceptors (Lipinski definition) is 5. The van der Waals surface area contributed by atoms with Gasteiger partial charge in [0.15, 0.2) is 0 Å². The SMILES string of the molecule is Cc1onc(-c2cncs2)c1C(=O)O. The van der Waals surface area contributed by atoms with E-state index in [2.05, 4.69) is 10.1 Å². The number of hydrogen-bond donors (Lipinski definition) is 1. The molecule has 0 amide bonds. The van der Waals surface area contributed by atoms with Crippen molar-refractivity contribution in [2.45, 2.75) is 6.92 Å². The van der Waals surface area contributed by atoms with Gasteiger partial charge < -0.3 is 9.63 Å². The molecule has 0 aliphatic carbocycles. The fourth-order valence-corrected chi connectivity index (χ4v) is 1.73. The molecule has 5 nitrogen and oxygen atoms in total. The minimum absolute atomic E-state index is 0.106. The highest BCUT2D eigenvalue weighted by Gasteiger charge is 2.21.